The Morgan fingerprint density at radius 1 is 1.33 bits per heavy atom. The smallest absolute Gasteiger partial charge is 0.000570 e. The molecule has 0 fully saturated rings. The summed E-state index contributed by atoms with van der Waals surface area (Å²) in [7, 11) is 0. The Labute approximate surface area is 100 Å². The summed E-state index contributed by atoms with van der Waals surface area (Å²) in [5, 5.41) is 17.4. The third-order valence-corrected chi connectivity index (χ3v) is 1.91. The Bertz CT molecular complexity index is 349. The van der Waals surface area contributed by atoms with Crippen molar-refractivity contribution in [2.75, 3.05) is 0 Å². The topological polar surface area (TPSA) is 40.5 Å². The molecule has 3 heteroatoms. The van der Waals surface area contributed by atoms with Crippen LogP contribution in [-0.4, -0.2) is 10.2 Å². The molecule has 2 aromatic rings. The summed E-state index contributed by atoms with van der Waals surface area (Å²) in [6.07, 6.45) is 0.916. The molecule has 0 heterocycles. The molecule has 0 amide bonds. The quantitative estimate of drug-likeness (QED) is 0.600. The number of aromatic hydroxyl groups is 2. The van der Waals surface area contributed by atoms with Crippen LogP contribution in [0.25, 0.3) is 0 Å². The maximum Gasteiger partial charge on any atom is 0.000570 e. The van der Waals surface area contributed by atoms with E-state index in [0.717, 1.165) is 12.0 Å². The van der Waals surface area contributed by atoms with Gasteiger partial charge in [0.25, 0.3) is 0 Å². The second-order valence-corrected chi connectivity index (χ2v) is 2.93. The van der Waals surface area contributed by atoms with Gasteiger partial charge in [-0.2, -0.15) is 12.1 Å². The molecule has 0 bridgehead atoms. The van der Waals surface area contributed by atoms with Crippen LogP contribution >= 0.6 is 0 Å². The zero-order valence-electron chi connectivity index (χ0n) is 8.50. The standard InChI is InChI=1S/C7H9O.C5H5O.Fe/c1-2-6-4-3-5-7(6)8;6-5-3-1-2-4-5;/h3-5,8H,2H2,1H3;1-4,6H;/q-1;-5;. The molecule has 0 aliphatic heterocycles. The first kappa shape index (κ1) is 13.8. The van der Waals surface area contributed by atoms with E-state index in [1.807, 2.05) is 19.1 Å². The minimum Gasteiger partial charge on any atom is -0.745 e. The van der Waals surface area contributed by atoms with Crippen LogP contribution < -0.4 is 0 Å². The van der Waals surface area contributed by atoms with Gasteiger partial charge in [0, 0.05) is 22.8 Å². The van der Waals surface area contributed by atoms with Crippen molar-refractivity contribution in [2.45, 2.75) is 13.3 Å². The van der Waals surface area contributed by atoms with Crippen molar-refractivity contribution in [3.8, 4) is 11.5 Å². The van der Waals surface area contributed by atoms with Gasteiger partial charge in [-0.25, -0.2) is 6.07 Å². The Balaban J connectivity index is 0.000000253. The molecule has 0 aliphatic carbocycles. The zero-order chi connectivity index (χ0) is 10.4. The van der Waals surface area contributed by atoms with Crippen molar-refractivity contribution in [2.24, 2.45) is 0 Å². The van der Waals surface area contributed by atoms with Gasteiger partial charge in [-0.15, -0.1) is 5.56 Å². The van der Waals surface area contributed by atoms with Crippen LogP contribution in [0.1, 0.15) is 12.5 Å². The number of hydrogen-bond donors (Lipinski definition) is 2. The Hall–Kier alpha value is -1.18. The van der Waals surface area contributed by atoms with Crippen molar-refractivity contribution in [1.82, 2.24) is 0 Å². The summed E-state index contributed by atoms with van der Waals surface area (Å²) >= 11 is 0. The summed E-state index contributed by atoms with van der Waals surface area (Å²) in [5.74, 6) is 0.766. The third kappa shape index (κ3) is 4.73. The van der Waals surface area contributed by atoms with Crippen molar-refractivity contribution in [1.29, 1.82) is 0 Å². The third-order valence-electron chi connectivity index (χ3n) is 1.91. The van der Waals surface area contributed by atoms with Crippen LogP contribution in [0, 0.1) is 0 Å². The molecule has 0 spiro atoms. The van der Waals surface area contributed by atoms with Crippen LogP contribution in [0.15, 0.2) is 42.5 Å². The molecule has 2 N–H and O–H groups in total. The average Bonchev–Trinajstić information content (AvgIpc) is 2.77. The van der Waals surface area contributed by atoms with Gasteiger partial charge < -0.3 is 40.2 Å². The van der Waals surface area contributed by atoms with Crippen LogP contribution in [0.5, 0.6) is 11.5 Å². The fraction of sp³-hybridized carbons (Fsp3) is 0.167. The summed E-state index contributed by atoms with van der Waals surface area (Å²) in [4.78, 5) is 0. The molecule has 0 saturated carbocycles. The molecule has 0 unspecified atom stereocenters. The van der Waals surface area contributed by atoms with Crippen LogP contribution in [0.3, 0.4) is 0 Å². The average molecular weight is 246 g/mol. The Morgan fingerprint density at radius 2 is 1.93 bits per heavy atom. The van der Waals surface area contributed by atoms with E-state index < -0.39 is 0 Å². The molecule has 88 valence electrons. The SMILES string of the molecule is CC[c-]1cccc1O.O[c-]1[cH-][cH-][cH-][cH-]1.[Fe]. The number of aryl methyl sites for hydroxylation is 1. The van der Waals surface area contributed by atoms with Gasteiger partial charge in [0.2, 0.25) is 0 Å². The molecule has 15 heavy (non-hydrogen) atoms. The first-order valence-electron chi connectivity index (χ1n) is 4.58. The van der Waals surface area contributed by atoms with Crippen molar-refractivity contribution in [3.05, 3.63) is 48.0 Å². The molecule has 2 rings (SSSR count). The summed E-state index contributed by atoms with van der Waals surface area (Å²) in [5.41, 5.74) is 1.03. The summed E-state index contributed by atoms with van der Waals surface area (Å²) < 4.78 is 0. The predicted molar refractivity (Wildman–Crippen MR) is 56.8 cm³/mol. The minimum absolute atomic E-state index is 0. The van der Waals surface area contributed by atoms with Crippen molar-refractivity contribution >= 4 is 0 Å². The monoisotopic (exact) mass is 246 g/mol. The van der Waals surface area contributed by atoms with Crippen LogP contribution in [-0.2, 0) is 23.5 Å². The first-order chi connectivity index (χ1) is 6.74. The molecule has 0 saturated heterocycles. The van der Waals surface area contributed by atoms with Crippen molar-refractivity contribution < 1.29 is 27.3 Å². The summed E-state index contributed by atoms with van der Waals surface area (Å²) in [6.45, 7) is 2.02. The first-order valence-corrected chi connectivity index (χ1v) is 4.58. The van der Waals surface area contributed by atoms with E-state index in [2.05, 4.69) is 0 Å². The maximum absolute atomic E-state index is 8.95. The molecule has 0 radical (unpaired) electrons. The van der Waals surface area contributed by atoms with E-state index >= 15 is 0 Å². The van der Waals surface area contributed by atoms with Gasteiger partial charge in [0.1, 0.15) is 0 Å². The Morgan fingerprint density at radius 3 is 2.13 bits per heavy atom. The molecule has 2 aromatic carbocycles. The maximum atomic E-state index is 8.95. The normalized spacial score (nSPS) is 8.60. The van der Waals surface area contributed by atoms with Gasteiger partial charge >= 0.3 is 0 Å². The molecule has 0 aliphatic rings. The molecular formula is C12H14FeO2-6. The fourth-order valence-corrected chi connectivity index (χ4v) is 1.11. The van der Waals surface area contributed by atoms with E-state index in [9.17, 15) is 0 Å². The number of hydrogen-bond acceptors (Lipinski definition) is 2. The van der Waals surface area contributed by atoms with E-state index in [-0.39, 0.29) is 17.1 Å². The number of rotatable bonds is 1. The molecule has 2 nitrogen and oxygen atoms in total. The van der Waals surface area contributed by atoms with E-state index in [1.165, 1.54) is 0 Å². The second kappa shape index (κ2) is 7.16. The Kier molecular flexibility index (Phi) is 6.59. The van der Waals surface area contributed by atoms with Gasteiger partial charge in [-0.05, 0) is 0 Å². The molecular weight excluding hydrogens is 232 g/mol. The van der Waals surface area contributed by atoms with E-state index in [0.29, 0.717) is 11.5 Å². The van der Waals surface area contributed by atoms with Gasteiger partial charge in [-0.3, -0.25) is 0 Å². The predicted octanol–water partition coefficient (Wildman–Crippen LogP) is 2.78. The fourth-order valence-electron chi connectivity index (χ4n) is 1.11. The molecule has 0 aromatic heterocycles. The van der Waals surface area contributed by atoms with Crippen molar-refractivity contribution in [3.63, 3.8) is 0 Å². The van der Waals surface area contributed by atoms with Gasteiger partial charge in [0.05, 0.1) is 0 Å². The zero-order valence-corrected chi connectivity index (χ0v) is 9.60. The second-order valence-electron chi connectivity index (χ2n) is 2.93. The molecule has 0 atom stereocenters. The van der Waals surface area contributed by atoms with E-state index in [4.69, 9.17) is 10.2 Å². The van der Waals surface area contributed by atoms with Gasteiger partial charge in [0.15, 0.2) is 0 Å². The van der Waals surface area contributed by atoms with Gasteiger partial charge in [-0.1, -0.05) is 13.3 Å². The minimum atomic E-state index is 0. The summed E-state index contributed by atoms with van der Waals surface area (Å²) in [6, 6.07) is 12.3. The van der Waals surface area contributed by atoms with Crippen LogP contribution in [0.2, 0.25) is 0 Å². The largest absolute Gasteiger partial charge is 0.745 e. The van der Waals surface area contributed by atoms with E-state index in [1.54, 1.807) is 30.3 Å². The van der Waals surface area contributed by atoms with Crippen LogP contribution in [0.4, 0.5) is 0 Å².